The highest BCUT2D eigenvalue weighted by molar-refractivity contribution is 6.39. The highest BCUT2D eigenvalue weighted by atomic mass is 35.5. The Balaban J connectivity index is 1.43. The lowest BCUT2D eigenvalue weighted by Crippen LogP contribution is -2.49. The minimum atomic E-state index is -0.762. The van der Waals surface area contributed by atoms with Crippen molar-refractivity contribution in [3.63, 3.8) is 0 Å². The Morgan fingerprint density at radius 2 is 1.76 bits per heavy atom. The molecule has 1 fully saturated rings. The largest absolute Gasteiger partial charge is 0.480 e. The number of piperidine rings is 1. The van der Waals surface area contributed by atoms with Crippen LogP contribution in [0.4, 0.5) is 20.7 Å². The van der Waals surface area contributed by atoms with Crippen LogP contribution < -0.4 is 10.1 Å². The van der Waals surface area contributed by atoms with Crippen molar-refractivity contribution >= 4 is 53.0 Å². The summed E-state index contributed by atoms with van der Waals surface area (Å²) >= 11 is 13.7. The topological polar surface area (TPSA) is 127 Å². The number of aldehydes is 1. The maximum absolute atomic E-state index is 16.2. The highest BCUT2D eigenvalue weighted by Gasteiger charge is 2.33. The molecule has 5 rings (SSSR count). The third-order valence-electron chi connectivity index (χ3n) is 8.17. The standard InChI is InChI=1S/C36H37Cl2FN6O5/c1-21(47)44-17-13-24(14-18-44)45(35(48)50-36(2,3)4)19-22-11-15-41-33(31(22)39)42-28-8-6-7-26(29(28)37)32-30(38)25(12-16-40-32)27-10-9-23(20-46)34(43-27)49-5/h6-12,15-16,20,24H,13-14,17-19H2,1-5H3,(H,41,42). The van der Waals surface area contributed by atoms with Gasteiger partial charge >= 0.3 is 6.09 Å². The van der Waals surface area contributed by atoms with Gasteiger partial charge in [-0.3, -0.25) is 14.6 Å². The third kappa shape index (κ3) is 8.14. The van der Waals surface area contributed by atoms with E-state index in [0.717, 1.165) is 0 Å². The monoisotopic (exact) mass is 722 g/mol. The van der Waals surface area contributed by atoms with Crippen molar-refractivity contribution in [2.24, 2.45) is 0 Å². The summed E-state index contributed by atoms with van der Waals surface area (Å²) in [6.07, 6.45) is 4.15. The average molecular weight is 724 g/mol. The summed E-state index contributed by atoms with van der Waals surface area (Å²) in [5, 5.41) is 3.45. The molecule has 1 aliphatic heterocycles. The SMILES string of the molecule is COc1nc(-c2ccnc(-c3cccc(Nc4nccc(CN(C(=O)OC(C)(C)C)C5CCN(C(C)=O)CC5)c4F)c3Cl)c2Cl)ccc1C=O. The summed E-state index contributed by atoms with van der Waals surface area (Å²) in [5.41, 5.74) is 1.89. The molecule has 0 radical (unpaired) electrons. The first-order valence-electron chi connectivity index (χ1n) is 15.9. The predicted molar refractivity (Wildman–Crippen MR) is 189 cm³/mol. The van der Waals surface area contributed by atoms with E-state index in [1.54, 1.807) is 68.3 Å². The number of ether oxygens (including phenoxy) is 2. The smallest absolute Gasteiger partial charge is 0.410 e. The lowest BCUT2D eigenvalue weighted by atomic mass is 10.0. The Kier molecular flexibility index (Phi) is 11.2. The molecule has 0 aliphatic carbocycles. The number of carbonyl (C=O) groups is 3. The minimum absolute atomic E-state index is 0.0281. The number of likely N-dealkylation sites (tertiary alicyclic amines) is 1. The lowest BCUT2D eigenvalue weighted by molar-refractivity contribution is -0.130. The van der Waals surface area contributed by atoms with Crippen LogP contribution in [-0.4, -0.2) is 74.9 Å². The second-order valence-corrected chi connectivity index (χ2v) is 13.5. The molecule has 3 aromatic heterocycles. The number of nitrogens with one attached hydrogen (secondary N) is 1. The van der Waals surface area contributed by atoms with E-state index in [4.69, 9.17) is 32.7 Å². The molecule has 0 unspecified atom stereocenters. The van der Waals surface area contributed by atoms with Crippen LogP contribution in [0.5, 0.6) is 5.88 Å². The molecule has 11 nitrogen and oxygen atoms in total. The first-order chi connectivity index (χ1) is 23.8. The fraction of sp³-hybridized carbons (Fsp3) is 0.333. The number of benzene rings is 1. The van der Waals surface area contributed by atoms with Gasteiger partial charge in [0.05, 0.1) is 46.3 Å². The van der Waals surface area contributed by atoms with E-state index in [-0.39, 0.29) is 45.8 Å². The number of methoxy groups -OCH3 is 1. The minimum Gasteiger partial charge on any atom is -0.480 e. The van der Waals surface area contributed by atoms with Crippen molar-refractivity contribution in [2.45, 2.75) is 58.7 Å². The van der Waals surface area contributed by atoms with Gasteiger partial charge in [-0.05, 0) is 63.9 Å². The highest BCUT2D eigenvalue weighted by Crippen LogP contribution is 2.41. The number of halogens is 3. The van der Waals surface area contributed by atoms with E-state index < -0.39 is 17.5 Å². The summed E-state index contributed by atoms with van der Waals surface area (Å²) < 4.78 is 27.1. The Morgan fingerprint density at radius 3 is 2.42 bits per heavy atom. The van der Waals surface area contributed by atoms with Gasteiger partial charge in [-0.2, -0.15) is 0 Å². The number of hydrogen-bond acceptors (Lipinski definition) is 9. The molecule has 14 heteroatoms. The molecular formula is C36H37Cl2FN6O5. The van der Waals surface area contributed by atoms with E-state index in [1.807, 2.05) is 0 Å². The fourth-order valence-electron chi connectivity index (χ4n) is 5.65. The molecule has 1 N–H and O–H groups in total. The van der Waals surface area contributed by atoms with Gasteiger partial charge in [0.15, 0.2) is 17.9 Å². The maximum Gasteiger partial charge on any atom is 0.410 e. The zero-order valence-corrected chi connectivity index (χ0v) is 29.8. The zero-order valence-electron chi connectivity index (χ0n) is 28.3. The van der Waals surface area contributed by atoms with Crippen LogP contribution in [0.2, 0.25) is 10.0 Å². The van der Waals surface area contributed by atoms with Gasteiger partial charge < -0.3 is 24.6 Å². The third-order valence-corrected chi connectivity index (χ3v) is 8.96. The molecule has 0 saturated carbocycles. The van der Waals surface area contributed by atoms with Crippen molar-refractivity contribution in [1.29, 1.82) is 0 Å². The molecule has 1 aromatic carbocycles. The summed E-state index contributed by atoms with van der Waals surface area (Å²) in [4.78, 5) is 53.0. The van der Waals surface area contributed by atoms with E-state index in [1.165, 1.54) is 31.2 Å². The quantitative estimate of drug-likeness (QED) is 0.171. The number of nitrogens with zero attached hydrogens (tertiary/aromatic N) is 5. The number of pyridine rings is 3. The number of amides is 2. The molecule has 4 heterocycles. The van der Waals surface area contributed by atoms with Crippen LogP contribution in [0.3, 0.4) is 0 Å². The summed E-state index contributed by atoms with van der Waals surface area (Å²) in [6.45, 7) is 7.73. The Bertz CT molecular complexity index is 1910. The zero-order chi connectivity index (χ0) is 36.2. The van der Waals surface area contributed by atoms with Gasteiger partial charge in [0.2, 0.25) is 11.8 Å². The molecule has 0 atom stereocenters. The van der Waals surface area contributed by atoms with Crippen molar-refractivity contribution in [3.8, 4) is 28.4 Å². The Morgan fingerprint density at radius 1 is 1.04 bits per heavy atom. The van der Waals surface area contributed by atoms with Gasteiger partial charge in [0.1, 0.15) is 5.60 Å². The molecule has 0 bridgehead atoms. The van der Waals surface area contributed by atoms with Gasteiger partial charge in [-0.15, -0.1) is 0 Å². The molecule has 4 aromatic rings. The van der Waals surface area contributed by atoms with Crippen LogP contribution in [0.25, 0.3) is 22.5 Å². The van der Waals surface area contributed by atoms with Gasteiger partial charge in [-0.1, -0.05) is 35.3 Å². The Hall–Kier alpha value is -4.81. The van der Waals surface area contributed by atoms with Gasteiger partial charge in [-0.25, -0.2) is 19.2 Å². The van der Waals surface area contributed by atoms with Crippen molar-refractivity contribution in [1.82, 2.24) is 24.8 Å². The number of anilines is 2. The maximum atomic E-state index is 16.2. The predicted octanol–water partition coefficient (Wildman–Crippen LogP) is 7.96. The first kappa shape index (κ1) is 36.5. The lowest BCUT2D eigenvalue weighted by Gasteiger charge is -2.39. The van der Waals surface area contributed by atoms with Crippen LogP contribution in [0.1, 0.15) is 56.5 Å². The molecular weight excluding hydrogens is 686 g/mol. The molecule has 262 valence electrons. The van der Waals surface area contributed by atoms with E-state index in [2.05, 4.69) is 20.3 Å². The van der Waals surface area contributed by atoms with Crippen LogP contribution in [-0.2, 0) is 16.1 Å². The molecule has 0 spiro atoms. The van der Waals surface area contributed by atoms with E-state index in [0.29, 0.717) is 66.0 Å². The van der Waals surface area contributed by atoms with Crippen LogP contribution >= 0.6 is 23.2 Å². The molecule has 1 saturated heterocycles. The molecule has 50 heavy (non-hydrogen) atoms. The average Bonchev–Trinajstić information content (AvgIpc) is 3.08. The number of hydrogen-bond donors (Lipinski definition) is 1. The summed E-state index contributed by atoms with van der Waals surface area (Å²) in [5.74, 6) is -0.641. The van der Waals surface area contributed by atoms with Gasteiger partial charge in [0, 0.05) is 55.1 Å². The van der Waals surface area contributed by atoms with E-state index >= 15 is 4.39 Å². The van der Waals surface area contributed by atoms with Crippen LogP contribution in [0, 0.1) is 5.82 Å². The normalized spacial score (nSPS) is 13.5. The number of carbonyl (C=O) groups excluding carboxylic acids is 3. The second kappa shape index (κ2) is 15.4. The second-order valence-electron chi connectivity index (χ2n) is 12.7. The summed E-state index contributed by atoms with van der Waals surface area (Å²) in [7, 11) is 1.42. The van der Waals surface area contributed by atoms with Crippen molar-refractivity contribution < 1.29 is 28.2 Å². The summed E-state index contributed by atoms with van der Waals surface area (Å²) in [6, 6.07) is 11.3. The first-order valence-corrected chi connectivity index (χ1v) is 16.7. The van der Waals surface area contributed by atoms with Crippen LogP contribution in [0.15, 0.2) is 54.9 Å². The number of rotatable bonds is 9. The number of aromatic nitrogens is 3. The molecule has 1 aliphatic rings. The fourth-order valence-corrected chi connectivity index (χ4v) is 6.23. The Labute approximate surface area is 299 Å². The van der Waals surface area contributed by atoms with Crippen molar-refractivity contribution in [2.75, 3.05) is 25.5 Å². The van der Waals surface area contributed by atoms with E-state index in [9.17, 15) is 14.4 Å². The van der Waals surface area contributed by atoms with Gasteiger partial charge in [0.25, 0.3) is 0 Å². The van der Waals surface area contributed by atoms with Crippen molar-refractivity contribution in [3.05, 3.63) is 81.8 Å². The molecule has 2 amide bonds.